The van der Waals surface area contributed by atoms with Crippen molar-refractivity contribution in [1.82, 2.24) is 31.9 Å². The summed E-state index contributed by atoms with van der Waals surface area (Å²) in [4.78, 5) is 126. The van der Waals surface area contributed by atoms with Gasteiger partial charge in [-0.2, -0.15) is 0 Å². The van der Waals surface area contributed by atoms with Crippen LogP contribution in [-0.2, 0) is 47.9 Å². The fourth-order valence-corrected chi connectivity index (χ4v) is 5.23. The number of carbonyl (C=O) groups is 10. The molecule has 8 amide bonds. The molecular weight excluding hydrogens is 756 g/mol. The standard InChI is InChI=1S/C34H60N10O13/c1-16(2)11-21(41-28(50)18(36)15-45)32(54)43-23(13-26(38)47)33(55)42-22(12-17(3)4)31(53)40-20(8-9-25(37)46)30(52)39-19(7-5-6-10-35)29(51)44-24(34(56)57)14-27(48)49/h16-24,45H,5-15,35-36H2,1-4H3,(H2,37,46)(H2,38,47)(H,39,52)(H,40,53)(H,41,50)(H,42,55)(H,43,54)(H,44,51)(H,48,49)(H,56,57)/t18-,19-,20-,21-,22-,23-,24-/m0/s1. The van der Waals surface area contributed by atoms with E-state index in [-0.39, 0.29) is 44.1 Å². The molecule has 57 heavy (non-hydrogen) atoms. The monoisotopic (exact) mass is 816 g/mol. The summed E-state index contributed by atoms with van der Waals surface area (Å²) in [5.41, 5.74) is 21.7. The van der Waals surface area contributed by atoms with Crippen molar-refractivity contribution in [2.45, 2.75) is 128 Å². The number of primary amides is 2. The van der Waals surface area contributed by atoms with Gasteiger partial charge in [0.15, 0.2) is 0 Å². The van der Waals surface area contributed by atoms with Crippen LogP contribution in [0.5, 0.6) is 0 Å². The molecule has 0 fully saturated rings. The third-order valence-corrected chi connectivity index (χ3v) is 8.14. The van der Waals surface area contributed by atoms with Crippen LogP contribution >= 0.6 is 0 Å². The van der Waals surface area contributed by atoms with Gasteiger partial charge in [-0.05, 0) is 56.9 Å². The zero-order valence-corrected chi connectivity index (χ0v) is 32.7. The highest BCUT2D eigenvalue weighted by Crippen LogP contribution is 2.11. The Bertz CT molecular complexity index is 1430. The molecule has 0 heterocycles. The Morgan fingerprint density at radius 1 is 0.526 bits per heavy atom. The molecule has 0 bridgehead atoms. The van der Waals surface area contributed by atoms with Crippen molar-refractivity contribution in [2.24, 2.45) is 34.8 Å². The number of unbranched alkanes of at least 4 members (excludes halogenated alkanes) is 1. The van der Waals surface area contributed by atoms with Crippen LogP contribution in [-0.4, -0.2) is 130 Å². The Labute approximate surface area is 329 Å². The lowest BCUT2D eigenvalue weighted by atomic mass is 10.00. The first kappa shape index (κ1) is 51.6. The number of hydrogen-bond donors (Lipinski definition) is 13. The van der Waals surface area contributed by atoms with Crippen LogP contribution in [0.25, 0.3) is 0 Å². The number of aliphatic carboxylic acids is 2. The first-order valence-electron chi connectivity index (χ1n) is 18.4. The molecule has 0 saturated heterocycles. The van der Waals surface area contributed by atoms with E-state index in [2.05, 4.69) is 31.9 Å². The minimum atomic E-state index is -1.85. The lowest BCUT2D eigenvalue weighted by Gasteiger charge is -2.28. The molecule has 23 heteroatoms. The molecule has 0 aromatic heterocycles. The Balaban J connectivity index is 6.45. The number of aliphatic hydroxyl groups excluding tert-OH is 1. The Morgan fingerprint density at radius 2 is 0.930 bits per heavy atom. The maximum absolute atomic E-state index is 13.7. The van der Waals surface area contributed by atoms with Crippen LogP contribution < -0.4 is 54.8 Å². The molecule has 324 valence electrons. The second-order valence-electron chi connectivity index (χ2n) is 14.3. The predicted octanol–water partition coefficient (Wildman–Crippen LogP) is -4.86. The molecule has 0 aliphatic rings. The van der Waals surface area contributed by atoms with Crippen LogP contribution in [0.4, 0.5) is 0 Å². The van der Waals surface area contributed by atoms with E-state index in [9.17, 15) is 58.2 Å². The molecule has 7 atom stereocenters. The summed E-state index contributed by atoms with van der Waals surface area (Å²) in [6.45, 7) is 6.37. The molecule has 0 aromatic carbocycles. The summed E-state index contributed by atoms with van der Waals surface area (Å²) in [6.07, 6.45) is -1.98. The number of amides is 8. The van der Waals surface area contributed by atoms with Gasteiger partial charge in [-0.25, -0.2) is 4.79 Å². The van der Waals surface area contributed by atoms with Crippen molar-refractivity contribution in [3.63, 3.8) is 0 Å². The largest absolute Gasteiger partial charge is 0.481 e. The smallest absolute Gasteiger partial charge is 0.326 e. The predicted molar refractivity (Wildman–Crippen MR) is 201 cm³/mol. The van der Waals surface area contributed by atoms with Crippen molar-refractivity contribution in [3.05, 3.63) is 0 Å². The van der Waals surface area contributed by atoms with Crippen molar-refractivity contribution in [1.29, 1.82) is 0 Å². The molecule has 0 spiro atoms. The zero-order chi connectivity index (χ0) is 44.0. The number of carboxylic acid groups (broad SMARTS) is 2. The van der Waals surface area contributed by atoms with Gasteiger partial charge in [0.2, 0.25) is 47.3 Å². The van der Waals surface area contributed by atoms with Gasteiger partial charge in [0.1, 0.15) is 42.3 Å². The summed E-state index contributed by atoms with van der Waals surface area (Å²) < 4.78 is 0. The van der Waals surface area contributed by atoms with Gasteiger partial charge in [-0.3, -0.25) is 43.2 Å². The van der Waals surface area contributed by atoms with Crippen molar-refractivity contribution in [3.8, 4) is 0 Å². The van der Waals surface area contributed by atoms with E-state index in [1.54, 1.807) is 27.7 Å². The van der Waals surface area contributed by atoms with Crippen molar-refractivity contribution >= 4 is 59.2 Å². The van der Waals surface area contributed by atoms with Gasteiger partial charge in [0.05, 0.1) is 19.4 Å². The fraction of sp³-hybridized carbons (Fsp3) is 0.706. The Hall–Kier alpha value is -5.42. The van der Waals surface area contributed by atoms with E-state index in [1.165, 1.54) is 0 Å². The summed E-state index contributed by atoms with van der Waals surface area (Å²) in [5.74, 6) is -11.3. The number of nitrogens with one attached hydrogen (secondary N) is 6. The first-order valence-corrected chi connectivity index (χ1v) is 18.4. The second kappa shape index (κ2) is 26.4. The second-order valence-corrected chi connectivity index (χ2v) is 14.3. The van der Waals surface area contributed by atoms with Crippen LogP contribution in [0, 0.1) is 11.8 Å². The van der Waals surface area contributed by atoms with E-state index < -0.39 is 134 Å². The summed E-state index contributed by atoms with van der Waals surface area (Å²) in [7, 11) is 0. The lowest BCUT2D eigenvalue weighted by molar-refractivity contribution is -0.147. The van der Waals surface area contributed by atoms with Crippen molar-refractivity contribution < 1.29 is 63.3 Å². The van der Waals surface area contributed by atoms with Gasteiger partial charge >= 0.3 is 11.9 Å². The minimum absolute atomic E-state index is 0.0612. The number of carboxylic acids is 2. The van der Waals surface area contributed by atoms with Crippen LogP contribution in [0.3, 0.4) is 0 Å². The van der Waals surface area contributed by atoms with Crippen LogP contribution in [0.1, 0.15) is 85.5 Å². The molecule has 0 aromatic rings. The summed E-state index contributed by atoms with van der Waals surface area (Å²) in [5, 5.41) is 41.8. The van der Waals surface area contributed by atoms with E-state index in [4.69, 9.17) is 28.0 Å². The highest BCUT2D eigenvalue weighted by atomic mass is 16.4. The van der Waals surface area contributed by atoms with Crippen LogP contribution in [0.15, 0.2) is 0 Å². The molecule has 0 unspecified atom stereocenters. The molecule has 0 rings (SSSR count). The quantitative estimate of drug-likeness (QED) is 0.0315. The number of carbonyl (C=O) groups excluding carboxylic acids is 8. The number of aliphatic hydroxyl groups is 1. The fourth-order valence-electron chi connectivity index (χ4n) is 5.23. The Morgan fingerprint density at radius 3 is 1.33 bits per heavy atom. The van der Waals surface area contributed by atoms with Gasteiger partial charge < -0.3 is 70.2 Å². The average molecular weight is 817 g/mol. The first-order chi connectivity index (χ1) is 26.5. The van der Waals surface area contributed by atoms with Gasteiger partial charge in [-0.1, -0.05) is 27.7 Å². The molecule has 0 radical (unpaired) electrons. The maximum atomic E-state index is 13.7. The maximum Gasteiger partial charge on any atom is 0.326 e. The van der Waals surface area contributed by atoms with E-state index >= 15 is 0 Å². The van der Waals surface area contributed by atoms with Gasteiger partial charge in [0, 0.05) is 6.42 Å². The number of nitrogens with two attached hydrogens (primary N) is 4. The molecular formula is C34H60N10O13. The Kier molecular flexibility index (Phi) is 23.9. The van der Waals surface area contributed by atoms with E-state index in [0.717, 1.165) is 0 Å². The van der Waals surface area contributed by atoms with E-state index in [0.29, 0.717) is 6.42 Å². The lowest BCUT2D eigenvalue weighted by Crippen LogP contribution is -2.60. The highest BCUT2D eigenvalue weighted by molar-refractivity contribution is 5.98. The summed E-state index contributed by atoms with van der Waals surface area (Å²) in [6, 6.07) is -10.6. The number of hydrogen-bond acceptors (Lipinski definition) is 13. The van der Waals surface area contributed by atoms with Gasteiger partial charge in [0.25, 0.3) is 0 Å². The van der Waals surface area contributed by atoms with Crippen molar-refractivity contribution in [2.75, 3.05) is 13.2 Å². The molecule has 17 N–H and O–H groups in total. The number of rotatable bonds is 29. The SMILES string of the molecule is CC(C)C[C@H](NC(=O)[C@H](CC(N)=O)NC(=O)[C@H](CC(C)C)NC(=O)[C@@H](N)CO)C(=O)N[C@@H](CCC(N)=O)C(=O)N[C@@H](CCCCN)C(=O)N[C@@H](CC(=O)O)C(=O)O. The van der Waals surface area contributed by atoms with E-state index in [1.807, 2.05) is 0 Å². The summed E-state index contributed by atoms with van der Waals surface area (Å²) >= 11 is 0. The third-order valence-electron chi connectivity index (χ3n) is 8.14. The zero-order valence-electron chi connectivity index (χ0n) is 32.7. The molecule has 0 aliphatic carbocycles. The normalized spacial score (nSPS) is 14.8. The third kappa shape index (κ3) is 21.5. The topological polar surface area (TPSA) is 408 Å². The molecule has 0 aliphatic heterocycles. The average Bonchev–Trinajstić information content (AvgIpc) is 3.10. The van der Waals surface area contributed by atoms with Gasteiger partial charge in [-0.15, -0.1) is 0 Å². The molecule has 23 nitrogen and oxygen atoms in total. The molecule has 0 saturated carbocycles. The minimum Gasteiger partial charge on any atom is -0.481 e. The van der Waals surface area contributed by atoms with Crippen LogP contribution in [0.2, 0.25) is 0 Å². The highest BCUT2D eigenvalue weighted by Gasteiger charge is 2.35.